The summed E-state index contributed by atoms with van der Waals surface area (Å²) in [7, 11) is 0. The average Bonchev–Trinajstić information content (AvgIpc) is 1.53. The fraction of sp³-hybridized carbons (Fsp3) is 0.0149. The van der Waals surface area contributed by atoms with Crippen LogP contribution in [0.5, 0.6) is 0 Å². The average molecular weight is 1730 g/mol. The van der Waals surface area contributed by atoms with Gasteiger partial charge in [0, 0.05) is 45.7 Å². The van der Waals surface area contributed by atoms with Crippen LogP contribution in [-0.2, 0) is 10.8 Å². The van der Waals surface area contributed by atoms with E-state index in [1.807, 2.05) is 0 Å². The maximum atomic E-state index is 2.48. The molecule has 2 nitrogen and oxygen atoms in total. The Balaban J connectivity index is 0.000000146. The Morgan fingerprint density at radius 1 is 0.132 bits per heavy atom. The van der Waals surface area contributed by atoms with Gasteiger partial charge in [-0.25, -0.2) is 0 Å². The molecule has 0 unspecified atom stereocenters. The molecule has 0 fully saturated rings. The molecule has 2 aliphatic rings. The van der Waals surface area contributed by atoms with Crippen molar-refractivity contribution in [3.63, 3.8) is 0 Å². The van der Waals surface area contributed by atoms with Crippen LogP contribution < -0.4 is 0 Å². The lowest BCUT2D eigenvalue weighted by Gasteiger charge is -2.34. The molecule has 0 saturated carbocycles. The topological polar surface area (TPSA) is 9.86 Å². The van der Waals surface area contributed by atoms with Crippen molar-refractivity contribution in [2.45, 2.75) is 10.8 Å². The van der Waals surface area contributed by atoms with Gasteiger partial charge in [-0.15, -0.1) is 0 Å². The predicted molar refractivity (Wildman–Crippen MR) is 571 cm³/mol. The maximum Gasteiger partial charge on any atom is 0.0714 e. The van der Waals surface area contributed by atoms with E-state index in [4.69, 9.17) is 0 Å². The van der Waals surface area contributed by atoms with Crippen LogP contribution >= 0.6 is 0 Å². The van der Waals surface area contributed by atoms with Gasteiger partial charge in [0.25, 0.3) is 0 Å². The molecule has 0 aliphatic heterocycles. The van der Waals surface area contributed by atoms with Crippen LogP contribution in [0.15, 0.2) is 546 Å². The number of hydrogen-bond acceptors (Lipinski definition) is 0. The smallest absolute Gasteiger partial charge is 0.0714 e. The van der Waals surface area contributed by atoms with Gasteiger partial charge >= 0.3 is 0 Å². The summed E-state index contributed by atoms with van der Waals surface area (Å²) in [6, 6.07) is 197. The van der Waals surface area contributed by atoms with Crippen molar-refractivity contribution in [3.05, 3.63) is 591 Å². The summed E-state index contributed by atoms with van der Waals surface area (Å²) >= 11 is 0. The molecule has 0 amide bonds. The second kappa shape index (κ2) is 34.0. The summed E-state index contributed by atoms with van der Waals surface area (Å²) in [5.41, 5.74) is 42.8. The summed E-state index contributed by atoms with van der Waals surface area (Å²) in [4.78, 5) is 0. The monoisotopic (exact) mass is 1730 g/mol. The van der Waals surface area contributed by atoms with Gasteiger partial charge in [-0.3, -0.25) is 0 Å². The first-order valence-corrected chi connectivity index (χ1v) is 47.1. The second-order valence-electron chi connectivity index (χ2n) is 36.1. The van der Waals surface area contributed by atoms with Crippen molar-refractivity contribution in [1.29, 1.82) is 0 Å². The van der Waals surface area contributed by atoms with E-state index in [1.165, 1.54) is 216 Å². The number of benzene rings is 22. The van der Waals surface area contributed by atoms with Crippen molar-refractivity contribution in [2.75, 3.05) is 0 Å². The summed E-state index contributed by atoms with van der Waals surface area (Å²) in [6.45, 7) is 0. The van der Waals surface area contributed by atoms with E-state index in [0.29, 0.717) is 0 Å². The first kappa shape index (κ1) is 80.5. The third kappa shape index (κ3) is 13.9. The predicted octanol–water partition coefficient (Wildman–Crippen LogP) is 35.0. The Bertz CT molecular complexity index is 8510. The lowest BCUT2D eigenvalue weighted by Crippen LogP contribution is -2.28. The molecule has 2 heterocycles. The van der Waals surface area contributed by atoms with Crippen molar-refractivity contribution in [2.24, 2.45) is 0 Å². The fourth-order valence-electron chi connectivity index (χ4n) is 22.2. The molecular weight excluding hydrogens is 1640 g/mol. The summed E-state index contributed by atoms with van der Waals surface area (Å²) < 4.78 is 4.84. The third-order valence-corrected chi connectivity index (χ3v) is 28.7. The standard InChI is InChI=1S/C71H47N.C63H43N/c1-4-16-48(17-5-1)56-38-41-64-65-42-40-59(46-69(65)71(68(64)45-56,57-22-6-2-7-23-57)58-24-8-3-9-25-58)72-47-67(54-36-34-53(35-37-54)63-29-15-21-51-19-11-13-27-61(51)63)66-44-55(39-43-70(66)72)49-30-32-52(33-31-49)62-28-14-20-50-18-10-12-26-60(50)62;1-6-16-44(17-7-1)47-26-28-49(29-27-47)51-35-39-62-58(40-51)59(50-32-30-48(31-33-50)45-18-8-2-9-19-45)43-64(62)55-36-38-57-56-37-34-52(46-20-10-3-11-21-46)41-60(56)63(61(57)42-55,53-22-12-4-13-23-53)54-24-14-5-15-25-54/h1-47H;1-43H. The number of aromatic nitrogens is 2. The quantitative estimate of drug-likeness (QED) is 0.0912. The lowest BCUT2D eigenvalue weighted by atomic mass is 9.67. The van der Waals surface area contributed by atoms with Crippen molar-refractivity contribution in [1.82, 2.24) is 9.13 Å². The van der Waals surface area contributed by atoms with Gasteiger partial charge in [-0.05, 0) is 249 Å². The molecule has 0 atom stereocenters. The lowest BCUT2D eigenvalue weighted by molar-refractivity contribution is 0.767. The summed E-state index contributed by atoms with van der Waals surface area (Å²) in [5, 5.41) is 7.45. The molecule has 0 spiro atoms. The van der Waals surface area contributed by atoms with Crippen molar-refractivity contribution >= 4 is 43.4 Å². The minimum absolute atomic E-state index is 0.549. The number of hydrogen-bond donors (Lipinski definition) is 0. The Labute approximate surface area is 793 Å². The van der Waals surface area contributed by atoms with Crippen LogP contribution in [-0.4, -0.2) is 9.13 Å². The SMILES string of the molecule is c1ccc(-c2ccc(-c3ccc4c(c3)c(-c3ccc(-c5ccccc5)cc3)cn4-c3ccc4c(c3)C(c3ccccc3)(c3ccccc3)c3cc(-c5ccccc5)ccc3-4)cc2)cc1.c1ccc(-c2ccc3c(c2)C(c2ccccc2)(c2ccccc2)c2cc(-n4cc(-c5ccc(-c6cccc7ccccc67)cc5)c5cc(-c6ccc(-c7cccc8ccccc78)cc6)ccc54)ccc2-3)cc1. The van der Waals surface area contributed by atoms with E-state index >= 15 is 0 Å². The first-order valence-electron chi connectivity index (χ1n) is 47.1. The Kier molecular flexibility index (Phi) is 20.1. The van der Waals surface area contributed by atoms with Crippen LogP contribution in [0.4, 0.5) is 0 Å². The highest BCUT2D eigenvalue weighted by Crippen LogP contribution is 2.60. The molecule has 24 aromatic rings. The first-order chi connectivity index (χ1) is 67.4. The molecule has 26 rings (SSSR count). The molecule has 136 heavy (non-hydrogen) atoms. The van der Waals surface area contributed by atoms with E-state index in [9.17, 15) is 0 Å². The van der Waals surface area contributed by atoms with E-state index in [0.717, 1.165) is 16.9 Å². The minimum Gasteiger partial charge on any atom is -0.316 e. The molecule has 0 saturated heterocycles. The van der Waals surface area contributed by atoms with Crippen LogP contribution in [0.3, 0.4) is 0 Å². The number of fused-ring (bicyclic) bond motifs is 10. The van der Waals surface area contributed by atoms with E-state index in [-0.39, 0.29) is 0 Å². The van der Waals surface area contributed by atoms with Gasteiger partial charge in [0.05, 0.1) is 21.9 Å². The highest BCUT2D eigenvalue weighted by Gasteiger charge is 2.48. The van der Waals surface area contributed by atoms with Crippen LogP contribution in [0, 0.1) is 0 Å². The van der Waals surface area contributed by atoms with Crippen LogP contribution in [0.1, 0.15) is 44.5 Å². The Hall–Kier alpha value is -17.6. The molecule has 0 radical (unpaired) electrons. The largest absolute Gasteiger partial charge is 0.316 e. The minimum atomic E-state index is -0.567. The number of rotatable bonds is 16. The molecule has 0 bridgehead atoms. The maximum absolute atomic E-state index is 2.48. The van der Waals surface area contributed by atoms with Crippen molar-refractivity contribution < 1.29 is 0 Å². The van der Waals surface area contributed by atoms with Gasteiger partial charge in [0.15, 0.2) is 0 Å². The molecular formula is C134H90N2. The van der Waals surface area contributed by atoms with Gasteiger partial charge in [-0.1, -0.05) is 473 Å². The molecule has 636 valence electrons. The zero-order valence-electron chi connectivity index (χ0n) is 74.9. The third-order valence-electron chi connectivity index (χ3n) is 28.7. The molecule has 2 aliphatic carbocycles. The van der Waals surface area contributed by atoms with Gasteiger partial charge in [0.2, 0.25) is 0 Å². The molecule has 2 aromatic heterocycles. The Morgan fingerprint density at radius 2 is 0.360 bits per heavy atom. The van der Waals surface area contributed by atoms with Crippen molar-refractivity contribution in [3.8, 4) is 145 Å². The van der Waals surface area contributed by atoms with E-state index < -0.39 is 10.8 Å². The zero-order chi connectivity index (χ0) is 90.0. The van der Waals surface area contributed by atoms with Crippen LogP contribution in [0.25, 0.3) is 188 Å². The normalized spacial score (nSPS) is 12.5. The molecule has 0 N–H and O–H groups in total. The zero-order valence-corrected chi connectivity index (χ0v) is 74.9. The van der Waals surface area contributed by atoms with Gasteiger partial charge in [-0.2, -0.15) is 0 Å². The van der Waals surface area contributed by atoms with E-state index in [1.54, 1.807) is 0 Å². The van der Waals surface area contributed by atoms with E-state index in [2.05, 4.69) is 555 Å². The van der Waals surface area contributed by atoms with Gasteiger partial charge in [0.1, 0.15) is 0 Å². The molecule has 2 heteroatoms. The second-order valence-corrected chi connectivity index (χ2v) is 36.1. The van der Waals surface area contributed by atoms with Gasteiger partial charge < -0.3 is 9.13 Å². The fourth-order valence-corrected chi connectivity index (χ4v) is 22.2. The Morgan fingerprint density at radius 3 is 0.691 bits per heavy atom. The number of nitrogens with zero attached hydrogens (tertiary/aromatic N) is 2. The molecule has 22 aromatic carbocycles. The highest BCUT2D eigenvalue weighted by molar-refractivity contribution is 6.05. The summed E-state index contributed by atoms with van der Waals surface area (Å²) in [6.07, 6.45) is 4.73. The highest BCUT2D eigenvalue weighted by atomic mass is 15.0. The summed E-state index contributed by atoms with van der Waals surface area (Å²) in [5.74, 6) is 0. The van der Waals surface area contributed by atoms with Crippen LogP contribution in [0.2, 0.25) is 0 Å².